The van der Waals surface area contributed by atoms with Gasteiger partial charge in [0, 0.05) is 29.4 Å². The lowest BCUT2D eigenvalue weighted by molar-refractivity contribution is -0.115. The van der Waals surface area contributed by atoms with Crippen LogP contribution in [-0.2, 0) is 4.79 Å². The number of hydrazine groups is 1. The van der Waals surface area contributed by atoms with E-state index in [1.807, 2.05) is 6.07 Å². The van der Waals surface area contributed by atoms with Gasteiger partial charge >= 0.3 is 0 Å². The van der Waals surface area contributed by atoms with Gasteiger partial charge in [-0.2, -0.15) is 0 Å². The zero-order valence-corrected chi connectivity index (χ0v) is 12.4. The van der Waals surface area contributed by atoms with Gasteiger partial charge in [-0.1, -0.05) is 17.7 Å². The Morgan fingerprint density at radius 2 is 2.05 bits per heavy atom. The second-order valence-corrected chi connectivity index (χ2v) is 5.86. The molecule has 22 heavy (non-hydrogen) atoms. The van der Waals surface area contributed by atoms with Crippen molar-refractivity contribution in [3.8, 4) is 0 Å². The van der Waals surface area contributed by atoms with Crippen molar-refractivity contribution in [2.75, 3.05) is 11.6 Å². The molecule has 0 spiro atoms. The van der Waals surface area contributed by atoms with Crippen LogP contribution in [0.15, 0.2) is 42.7 Å². The number of pyridine rings is 1. The molecule has 2 heterocycles. The third-order valence-corrected chi connectivity index (χ3v) is 4.37. The molecule has 1 aromatic heterocycles. The zero-order chi connectivity index (χ0) is 15.1. The minimum atomic E-state index is -0.0587. The first kappa shape index (κ1) is 13.1. The van der Waals surface area contributed by atoms with Crippen LogP contribution in [0.2, 0.25) is 0 Å². The lowest BCUT2D eigenvalue weighted by Gasteiger charge is -2.37. The molecule has 0 saturated carbocycles. The molecule has 2 aromatic rings. The van der Waals surface area contributed by atoms with E-state index in [-0.39, 0.29) is 11.7 Å². The highest BCUT2D eigenvalue weighted by atomic mass is 16.1. The van der Waals surface area contributed by atoms with Crippen LogP contribution in [-0.4, -0.2) is 17.3 Å². The molecule has 0 amide bonds. The van der Waals surface area contributed by atoms with Crippen molar-refractivity contribution in [2.24, 2.45) is 5.92 Å². The second kappa shape index (κ2) is 4.98. The minimum Gasteiger partial charge on any atom is -0.301 e. The fourth-order valence-electron chi connectivity index (χ4n) is 3.15. The molecule has 1 atom stereocenters. The van der Waals surface area contributed by atoms with Crippen molar-refractivity contribution in [1.29, 1.82) is 0 Å². The van der Waals surface area contributed by atoms with Crippen molar-refractivity contribution in [3.63, 3.8) is 0 Å². The third-order valence-electron chi connectivity index (χ3n) is 4.37. The lowest BCUT2D eigenvalue weighted by atomic mass is 9.89. The molecule has 4 heteroatoms. The van der Waals surface area contributed by atoms with Crippen LogP contribution in [0, 0.1) is 12.8 Å². The number of carbonyl (C=O) groups excluding carboxylic acids is 1. The van der Waals surface area contributed by atoms with Crippen LogP contribution in [0.1, 0.15) is 12.0 Å². The number of ketones is 1. The molecule has 0 bridgehead atoms. The Morgan fingerprint density at radius 1 is 1.23 bits per heavy atom. The summed E-state index contributed by atoms with van der Waals surface area (Å²) in [7, 11) is 0. The van der Waals surface area contributed by atoms with E-state index >= 15 is 0 Å². The Labute approximate surface area is 128 Å². The summed E-state index contributed by atoms with van der Waals surface area (Å²) in [6.45, 7) is 2.90. The highest BCUT2D eigenvalue weighted by Crippen LogP contribution is 2.25. The fourth-order valence-corrected chi connectivity index (χ4v) is 3.15. The number of nitrogens with one attached hydrogen (secondary N) is 1. The quantitative estimate of drug-likeness (QED) is 0.848. The Bertz CT molecular complexity index is 855. The number of hydrogen-bond donors (Lipinski definition) is 1. The van der Waals surface area contributed by atoms with Crippen LogP contribution in [0.25, 0.3) is 11.8 Å². The van der Waals surface area contributed by atoms with E-state index in [0.717, 1.165) is 34.8 Å². The highest BCUT2D eigenvalue weighted by Gasteiger charge is 2.30. The van der Waals surface area contributed by atoms with E-state index in [9.17, 15) is 4.79 Å². The fraction of sp³-hybridized carbons (Fsp3) is 0.222. The van der Waals surface area contributed by atoms with E-state index in [1.165, 1.54) is 5.56 Å². The van der Waals surface area contributed by atoms with Gasteiger partial charge in [0.2, 0.25) is 0 Å². The number of fused-ring (bicyclic) bond motifs is 2. The number of aryl methyl sites for hydroxylation is 1. The van der Waals surface area contributed by atoms with Crippen molar-refractivity contribution < 1.29 is 4.79 Å². The predicted octanol–water partition coefficient (Wildman–Crippen LogP) is 0.893. The largest absolute Gasteiger partial charge is 0.301 e. The average Bonchev–Trinajstić information content (AvgIpc) is 2.55. The summed E-state index contributed by atoms with van der Waals surface area (Å²) >= 11 is 0. The van der Waals surface area contributed by atoms with Gasteiger partial charge in [-0.25, -0.2) is 0 Å². The van der Waals surface area contributed by atoms with Crippen molar-refractivity contribution in [2.45, 2.75) is 13.3 Å². The molecule has 1 aromatic carbocycles. The second-order valence-electron chi connectivity index (χ2n) is 5.86. The summed E-state index contributed by atoms with van der Waals surface area (Å²) in [4.78, 5) is 16.4. The number of nitrogens with zero attached hydrogens (tertiary/aromatic N) is 2. The summed E-state index contributed by atoms with van der Waals surface area (Å²) in [5, 5.41) is 4.10. The van der Waals surface area contributed by atoms with Gasteiger partial charge in [0.25, 0.3) is 0 Å². The number of anilines is 1. The van der Waals surface area contributed by atoms with Gasteiger partial charge in [0.15, 0.2) is 5.78 Å². The van der Waals surface area contributed by atoms with Gasteiger partial charge in [-0.15, -0.1) is 0 Å². The van der Waals surface area contributed by atoms with E-state index in [1.54, 1.807) is 18.5 Å². The minimum absolute atomic E-state index is 0.0587. The first-order valence-corrected chi connectivity index (χ1v) is 7.53. The smallest absolute Gasteiger partial charge is 0.165 e. The van der Waals surface area contributed by atoms with E-state index < -0.39 is 0 Å². The number of rotatable bonds is 1. The molecular weight excluding hydrogens is 274 g/mol. The summed E-state index contributed by atoms with van der Waals surface area (Å²) < 4.78 is 0. The molecule has 1 aliphatic carbocycles. The SMILES string of the molecule is Cc1ccc(N2CCC3C(=O)C=c4cnccc4=C3N2)cc1. The number of hydrogen-bond acceptors (Lipinski definition) is 4. The number of benzene rings is 1. The van der Waals surface area contributed by atoms with Crippen LogP contribution in [0.5, 0.6) is 0 Å². The molecular formula is C18H17N3O. The van der Waals surface area contributed by atoms with Gasteiger partial charge < -0.3 is 5.43 Å². The van der Waals surface area contributed by atoms with Crippen LogP contribution in [0.3, 0.4) is 0 Å². The number of Topliss-reactive ketones (excluding diaryl/α,β-unsaturated/α-hetero) is 1. The monoisotopic (exact) mass is 291 g/mol. The first-order valence-electron chi connectivity index (χ1n) is 7.53. The number of aromatic nitrogens is 1. The maximum absolute atomic E-state index is 12.3. The van der Waals surface area contributed by atoms with Crippen LogP contribution in [0.4, 0.5) is 5.69 Å². The molecule has 1 saturated heterocycles. The number of carbonyl (C=O) groups is 1. The Balaban J connectivity index is 1.79. The zero-order valence-electron chi connectivity index (χ0n) is 12.4. The molecule has 110 valence electrons. The molecule has 4 nitrogen and oxygen atoms in total. The first-order chi connectivity index (χ1) is 10.7. The van der Waals surface area contributed by atoms with Crippen molar-refractivity contribution >= 4 is 23.2 Å². The van der Waals surface area contributed by atoms with E-state index in [2.05, 4.69) is 46.6 Å². The topological polar surface area (TPSA) is 45.2 Å². The Hall–Kier alpha value is -2.62. The molecule has 1 aliphatic heterocycles. The van der Waals surface area contributed by atoms with Crippen molar-refractivity contribution in [1.82, 2.24) is 10.4 Å². The van der Waals surface area contributed by atoms with E-state index in [4.69, 9.17) is 0 Å². The maximum Gasteiger partial charge on any atom is 0.165 e. The van der Waals surface area contributed by atoms with Gasteiger partial charge in [-0.3, -0.25) is 14.8 Å². The van der Waals surface area contributed by atoms with Crippen molar-refractivity contribution in [3.05, 3.63) is 58.7 Å². The molecule has 1 unspecified atom stereocenters. The Morgan fingerprint density at radius 3 is 2.86 bits per heavy atom. The summed E-state index contributed by atoms with van der Waals surface area (Å²) in [6.07, 6.45) is 6.08. The van der Waals surface area contributed by atoms with Gasteiger partial charge in [0.1, 0.15) is 0 Å². The van der Waals surface area contributed by atoms with Crippen LogP contribution < -0.4 is 20.9 Å². The normalized spacial score (nSPS) is 19.9. The predicted molar refractivity (Wildman–Crippen MR) is 86.1 cm³/mol. The lowest BCUT2D eigenvalue weighted by Crippen LogP contribution is -2.52. The van der Waals surface area contributed by atoms with Gasteiger partial charge in [-0.05, 0) is 37.6 Å². The molecule has 1 N–H and O–H groups in total. The third kappa shape index (κ3) is 2.08. The van der Waals surface area contributed by atoms with Gasteiger partial charge in [0.05, 0.1) is 17.3 Å². The summed E-state index contributed by atoms with van der Waals surface area (Å²) in [6, 6.07) is 10.4. The summed E-state index contributed by atoms with van der Waals surface area (Å²) in [5.74, 6) is 0.114. The maximum atomic E-state index is 12.3. The molecule has 4 rings (SSSR count). The van der Waals surface area contributed by atoms with E-state index in [0.29, 0.717) is 0 Å². The van der Waals surface area contributed by atoms with Crippen LogP contribution >= 0.6 is 0 Å². The molecule has 1 fully saturated rings. The highest BCUT2D eigenvalue weighted by molar-refractivity contribution is 6.12. The average molecular weight is 291 g/mol. The summed E-state index contributed by atoms with van der Waals surface area (Å²) in [5.41, 5.74) is 6.82. The molecule has 0 radical (unpaired) electrons. The Kier molecular flexibility index (Phi) is 2.96. The standard InChI is InChI=1S/C18H17N3O/c1-12-2-4-14(5-3-12)21-9-7-16-17(22)10-13-11-19-8-6-15(13)18(16)20-21/h2-6,8,10-11,16,20H,7,9H2,1H3. The molecule has 2 aliphatic rings.